The van der Waals surface area contributed by atoms with E-state index in [-0.39, 0.29) is 0 Å². The molecule has 0 aliphatic rings. The van der Waals surface area contributed by atoms with Gasteiger partial charge in [-0.3, -0.25) is 0 Å². The Morgan fingerprint density at radius 1 is 0.291 bits per heavy atom. The highest BCUT2D eigenvalue weighted by molar-refractivity contribution is 7.26. The van der Waals surface area contributed by atoms with Crippen molar-refractivity contribution in [3.05, 3.63) is 200 Å². The van der Waals surface area contributed by atoms with E-state index in [9.17, 15) is 0 Å². The predicted octanol–water partition coefficient (Wildman–Crippen LogP) is 16.0. The van der Waals surface area contributed by atoms with Gasteiger partial charge in [-0.1, -0.05) is 133 Å². The summed E-state index contributed by atoms with van der Waals surface area (Å²) in [5, 5.41) is 7.81. The fraction of sp³-hybridized carbons (Fsp3) is 0. The van der Waals surface area contributed by atoms with Crippen molar-refractivity contribution in [2.75, 3.05) is 4.90 Å². The first-order valence-corrected chi connectivity index (χ1v) is 20.3. The molecular weight excluding hydrogens is 703 g/mol. The number of anilines is 3. The lowest BCUT2D eigenvalue weighted by Crippen LogP contribution is -2.10. The van der Waals surface area contributed by atoms with Crippen LogP contribution >= 0.6 is 22.7 Å². The highest BCUT2D eigenvalue weighted by atomic mass is 32.1. The molecule has 11 rings (SSSR count). The van der Waals surface area contributed by atoms with Crippen molar-refractivity contribution in [3.8, 4) is 33.4 Å². The largest absolute Gasteiger partial charge is 0.310 e. The van der Waals surface area contributed by atoms with E-state index in [1.165, 1.54) is 84.5 Å². The van der Waals surface area contributed by atoms with Gasteiger partial charge >= 0.3 is 0 Å². The van der Waals surface area contributed by atoms with Crippen LogP contribution in [0.5, 0.6) is 0 Å². The summed E-state index contributed by atoms with van der Waals surface area (Å²) in [6.45, 7) is 0. The first-order chi connectivity index (χ1) is 27.2. The third-order valence-electron chi connectivity index (χ3n) is 10.9. The van der Waals surface area contributed by atoms with E-state index in [1.807, 2.05) is 22.7 Å². The first-order valence-electron chi connectivity index (χ1n) is 18.7. The molecule has 0 N–H and O–H groups in total. The Kier molecular flexibility index (Phi) is 7.61. The molecule has 0 radical (unpaired) electrons. The summed E-state index contributed by atoms with van der Waals surface area (Å²) in [5.41, 5.74) is 10.7. The lowest BCUT2D eigenvalue weighted by molar-refractivity contribution is 1.28. The highest BCUT2D eigenvalue weighted by Crippen LogP contribution is 2.43. The van der Waals surface area contributed by atoms with E-state index in [2.05, 4.69) is 205 Å². The Morgan fingerprint density at radius 2 is 0.855 bits per heavy atom. The Bertz CT molecular complexity index is 3200. The van der Waals surface area contributed by atoms with E-state index < -0.39 is 0 Å². The molecule has 0 bridgehead atoms. The van der Waals surface area contributed by atoms with E-state index in [0.717, 1.165) is 17.1 Å². The number of nitrogens with zero attached hydrogens (tertiary/aromatic N) is 1. The fourth-order valence-electron chi connectivity index (χ4n) is 8.15. The van der Waals surface area contributed by atoms with Gasteiger partial charge in [-0.15, -0.1) is 22.7 Å². The molecule has 2 aromatic heterocycles. The number of rotatable bonds is 6. The van der Waals surface area contributed by atoms with Crippen LogP contribution < -0.4 is 4.90 Å². The second-order valence-electron chi connectivity index (χ2n) is 14.1. The van der Waals surface area contributed by atoms with Crippen molar-refractivity contribution < 1.29 is 0 Å². The Balaban J connectivity index is 1.01. The first kappa shape index (κ1) is 32.0. The molecule has 0 saturated carbocycles. The van der Waals surface area contributed by atoms with Gasteiger partial charge in [0.25, 0.3) is 0 Å². The quantitative estimate of drug-likeness (QED) is 0.164. The third kappa shape index (κ3) is 5.60. The molecule has 11 aromatic rings. The van der Waals surface area contributed by atoms with Crippen molar-refractivity contribution in [1.29, 1.82) is 0 Å². The maximum Gasteiger partial charge on any atom is 0.0467 e. The van der Waals surface area contributed by atoms with Crippen LogP contribution in [-0.4, -0.2) is 0 Å². The maximum atomic E-state index is 2.38. The van der Waals surface area contributed by atoms with Gasteiger partial charge in [0.15, 0.2) is 0 Å². The number of thiophene rings is 2. The zero-order chi connectivity index (χ0) is 36.3. The molecule has 9 aromatic carbocycles. The fourth-order valence-corrected chi connectivity index (χ4v) is 10.4. The molecule has 0 aliphatic heterocycles. The van der Waals surface area contributed by atoms with Crippen LogP contribution in [0.3, 0.4) is 0 Å². The zero-order valence-corrected chi connectivity index (χ0v) is 31.4. The van der Waals surface area contributed by atoms with Gasteiger partial charge in [-0.05, 0) is 111 Å². The molecule has 0 unspecified atom stereocenters. The lowest BCUT2D eigenvalue weighted by Gasteiger charge is -2.26. The second-order valence-corrected chi connectivity index (χ2v) is 16.3. The van der Waals surface area contributed by atoms with E-state index in [0.29, 0.717) is 0 Å². The molecule has 2 heterocycles. The summed E-state index contributed by atoms with van der Waals surface area (Å²) in [5.74, 6) is 0. The molecule has 0 spiro atoms. The van der Waals surface area contributed by atoms with Crippen LogP contribution in [0.25, 0.3) is 84.5 Å². The third-order valence-corrected chi connectivity index (χ3v) is 13.1. The topological polar surface area (TPSA) is 3.24 Å². The van der Waals surface area contributed by atoms with Gasteiger partial charge in [0.1, 0.15) is 0 Å². The van der Waals surface area contributed by atoms with E-state index >= 15 is 0 Å². The Morgan fingerprint density at radius 3 is 1.67 bits per heavy atom. The van der Waals surface area contributed by atoms with Crippen LogP contribution in [-0.2, 0) is 0 Å². The van der Waals surface area contributed by atoms with Crippen molar-refractivity contribution in [2.45, 2.75) is 0 Å². The maximum absolute atomic E-state index is 2.38. The van der Waals surface area contributed by atoms with Crippen LogP contribution in [0.4, 0.5) is 17.1 Å². The average Bonchev–Trinajstić information content (AvgIpc) is 3.82. The van der Waals surface area contributed by atoms with Gasteiger partial charge < -0.3 is 4.90 Å². The minimum Gasteiger partial charge on any atom is -0.310 e. The molecule has 55 heavy (non-hydrogen) atoms. The van der Waals surface area contributed by atoms with Crippen molar-refractivity contribution >= 4 is 90.9 Å². The summed E-state index contributed by atoms with van der Waals surface area (Å²) in [7, 11) is 0. The van der Waals surface area contributed by atoms with E-state index in [1.54, 1.807) is 0 Å². The number of benzene rings is 9. The summed E-state index contributed by atoms with van der Waals surface area (Å²) in [6.07, 6.45) is 0. The van der Waals surface area contributed by atoms with Crippen LogP contribution in [0.1, 0.15) is 0 Å². The van der Waals surface area contributed by atoms with Gasteiger partial charge in [0, 0.05) is 57.4 Å². The number of fused-ring (bicyclic) bond motifs is 7. The van der Waals surface area contributed by atoms with Crippen LogP contribution in [0.2, 0.25) is 0 Å². The second kappa shape index (κ2) is 13.1. The molecule has 0 fully saturated rings. The Labute approximate surface area is 327 Å². The van der Waals surface area contributed by atoms with Gasteiger partial charge in [-0.25, -0.2) is 0 Å². The van der Waals surface area contributed by atoms with Gasteiger partial charge in [0.2, 0.25) is 0 Å². The molecule has 0 atom stereocenters. The Hall–Kier alpha value is -6.52. The molecule has 0 aliphatic carbocycles. The summed E-state index contributed by atoms with van der Waals surface area (Å²) >= 11 is 3.73. The van der Waals surface area contributed by atoms with Gasteiger partial charge in [-0.2, -0.15) is 0 Å². The molecule has 0 saturated heterocycles. The molecular formula is C52H33NS2. The van der Waals surface area contributed by atoms with Gasteiger partial charge in [0.05, 0.1) is 0 Å². The minimum absolute atomic E-state index is 1.11. The van der Waals surface area contributed by atoms with E-state index in [4.69, 9.17) is 0 Å². The lowest BCUT2D eigenvalue weighted by atomic mass is 9.98. The van der Waals surface area contributed by atoms with Crippen LogP contribution in [0, 0.1) is 0 Å². The minimum atomic E-state index is 1.11. The molecule has 0 amide bonds. The number of hydrogen-bond donors (Lipinski definition) is 0. The monoisotopic (exact) mass is 735 g/mol. The van der Waals surface area contributed by atoms with Crippen molar-refractivity contribution in [3.63, 3.8) is 0 Å². The summed E-state index contributed by atoms with van der Waals surface area (Å²) in [6, 6.07) is 73.5. The number of hydrogen-bond acceptors (Lipinski definition) is 3. The predicted molar refractivity (Wildman–Crippen MR) is 241 cm³/mol. The van der Waals surface area contributed by atoms with Crippen molar-refractivity contribution in [1.82, 2.24) is 0 Å². The highest BCUT2D eigenvalue weighted by Gasteiger charge is 2.16. The standard InChI is InChI=1S/C52H33NS2/c1-2-10-37-31-39(20-19-34(37)9-1)35-21-26-41(27-22-35)53(42-28-23-36(24-29-42)44-15-8-18-50-52(44)47-14-4-6-17-49(47)54-50)43-12-7-11-38(32-43)40-25-30-46-45-13-3-5-16-48(45)55-51(46)33-40/h1-33H. The molecule has 1 nitrogen and oxygen atoms in total. The molecule has 3 heteroatoms. The van der Waals surface area contributed by atoms with Crippen LogP contribution in [0.15, 0.2) is 200 Å². The molecule has 258 valence electrons. The zero-order valence-electron chi connectivity index (χ0n) is 29.8. The summed E-state index contributed by atoms with van der Waals surface area (Å²) in [4.78, 5) is 2.38. The smallest absolute Gasteiger partial charge is 0.0467 e. The average molecular weight is 736 g/mol. The summed E-state index contributed by atoms with van der Waals surface area (Å²) < 4.78 is 5.29. The van der Waals surface area contributed by atoms with Crippen molar-refractivity contribution in [2.24, 2.45) is 0 Å². The SMILES string of the molecule is c1cc(-c2ccc3c(c2)sc2ccccc23)cc(N(c2ccc(-c3ccc4ccccc4c3)cc2)c2ccc(-c3cccc4sc5ccccc5c34)cc2)c1. The normalized spacial score (nSPS) is 11.6.